The number of carboxylic acids is 1. The summed E-state index contributed by atoms with van der Waals surface area (Å²) in [5, 5.41) is 9.66. The average Bonchev–Trinajstić information content (AvgIpc) is 2.53. The van der Waals surface area contributed by atoms with Crippen LogP contribution in [0.15, 0.2) is 48.5 Å². The van der Waals surface area contributed by atoms with Gasteiger partial charge in [-0.3, -0.25) is 0 Å². The molecule has 0 amide bonds. The van der Waals surface area contributed by atoms with E-state index in [1.165, 1.54) is 6.07 Å². The minimum Gasteiger partial charge on any atom is -0.478 e. The Morgan fingerprint density at radius 1 is 1.12 bits per heavy atom. The van der Waals surface area contributed by atoms with E-state index in [9.17, 15) is 23.1 Å². The van der Waals surface area contributed by atoms with Crippen LogP contribution in [0.1, 0.15) is 15.9 Å². The molecule has 0 aliphatic rings. The second-order valence-corrected chi connectivity index (χ2v) is 5.36. The van der Waals surface area contributed by atoms with Crippen LogP contribution in [0.5, 0.6) is 5.75 Å². The van der Waals surface area contributed by atoms with E-state index in [2.05, 4.69) is 9.72 Å². The Labute approximate surface area is 140 Å². The van der Waals surface area contributed by atoms with Crippen molar-refractivity contribution < 1.29 is 27.8 Å². The van der Waals surface area contributed by atoms with Crippen LogP contribution in [0.25, 0.3) is 22.2 Å². The molecule has 0 spiro atoms. The highest BCUT2D eigenvalue weighted by Gasteiger charge is 2.31. The van der Waals surface area contributed by atoms with Crippen molar-refractivity contribution in [1.82, 2.24) is 4.98 Å². The molecule has 1 N–H and O–H groups in total. The van der Waals surface area contributed by atoms with Gasteiger partial charge in [-0.15, -0.1) is 13.2 Å². The number of hydrogen-bond donors (Lipinski definition) is 1. The number of halogens is 3. The number of nitrogens with zero attached hydrogens (tertiary/aromatic N) is 1. The minimum atomic E-state index is -4.86. The molecule has 4 nitrogen and oxygen atoms in total. The molecular weight excluding hydrogens is 335 g/mol. The molecule has 0 atom stereocenters. The van der Waals surface area contributed by atoms with Gasteiger partial charge in [-0.25, -0.2) is 9.78 Å². The fourth-order valence-electron chi connectivity index (χ4n) is 2.69. The van der Waals surface area contributed by atoms with E-state index >= 15 is 0 Å². The summed E-state index contributed by atoms with van der Waals surface area (Å²) in [6.45, 7) is 1.58. The summed E-state index contributed by atoms with van der Waals surface area (Å²) in [4.78, 5) is 16.2. The van der Waals surface area contributed by atoms with Crippen LogP contribution < -0.4 is 4.74 Å². The van der Waals surface area contributed by atoms with Gasteiger partial charge in [-0.1, -0.05) is 30.3 Å². The number of carboxylic acid groups (broad SMARTS) is 1. The van der Waals surface area contributed by atoms with E-state index in [4.69, 9.17) is 0 Å². The normalized spacial score (nSPS) is 11.5. The highest BCUT2D eigenvalue weighted by molar-refractivity contribution is 6.06. The van der Waals surface area contributed by atoms with Crippen molar-refractivity contribution in [2.45, 2.75) is 13.3 Å². The lowest BCUT2D eigenvalue weighted by molar-refractivity contribution is -0.274. The van der Waals surface area contributed by atoms with Crippen molar-refractivity contribution in [3.05, 3.63) is 59.7 Å². The molecule has 3 rings (SSSR count). The number of aromatic nitrogens is 1. The van der Waals surface area contributed by atoms with Gasteiger partial charge in [-0.05, 0) is 30.7 Å². The molecule has 0 saturated heterocycles. The summed E-state index contributed by atoms with van der Waals surface area (Å²) < 4.78 is 41.1. The highest BCUT2D eigenvalue weighted by Crippen LogP contribution is 2.33. The molecule has 2 aromatic carbocycles. The zero-order valence-corrected chi connectivity index (χ0v) is 13.0. The first-order valence-corrected chi connectivity index (χ1v) is 7.25. The van der Waals surface area contributed by atoms with Gasteiger partial charge in [0.15, 0.2) is 0 Å². The molecule has 0 fully saturated rings. The van der Waals surface area contributed by atoms with Gasteiger partial charge in [-0.2, -0.15) is 0 Å². The molecule has 25 heavy (non-hydrogen) atoms. The first kappa shape index (κ1) is 16.8. The molecule has 0 saturated carbocycles. The number of ether oxygens (including phenoxy) is 1. The maximum Gasteiger partial charge on any atom is 0.573 e. The predicted molar refractivity (Wildman–Crippen MR) is 85.6 cm³/mol. The third-order valence-electron chi connectivity index (χ3n) is 3.69. The number of hydrogen-bond acceptors (Lipinski definition) is 3. The Balaban J connectivity index is 2.26. The lowest BCUT2D eigenvalue weighted by Gasteiger charge is -2.14. The zero-order valence-electron chi connectivity index (χ0n) is 13.0. The molecule has 3 aromatic rings. The summed E-state index contributed by atoms with van der Waals surface area (Å²) >= 11 is 0. The van der Waals surface area contributed by atoms with Crippen molar-refractivity contribution in [2.24, 2.45) is 0 Å². The summed E-state index contributed by atoms with van der Waals surface area (Å²) in [5.74, 6) is -1.73. The monoisotopic (exact) mass is 347 g/mol. The van der Waals surface area contributed by atoms with Crippen molar-refractivity contribution in [1.29, 1.82) is 0 Å². The van der Waals surface area contributed by atoms with E-state index in [-0.39, 0.29) is 16.5 Å². The first-order chi connectivity index (χ1) is 11.8. The zero-order chi connectivity index (χ0) is 18.2. The number of fused-ring (bicyclic) bond motifs is 1. The summed E-state index contributed by atoms with van der Waals surface area (Å²) in [6.07, 6.45) is -4.86. The van der Waals surface area contributed by atoms with Crippen LogP contribution in [0.2, 0.25) is 0 Å². The Hall–Kier alpha value is -3.09. The molecule has 7 heteroatoms. The number of rotatable bonds is 3. The maximum absolute atomic E-state index is 12.4. The fourth-order valence-corrected chi connectivity index (χ4v) is 2.69. The van der Waals surface area contributed by atoms with Crippen molar-refractivity contribution in [3.63, 3.8) is 0 Å². The molecule has 0 bridgehead atoms. The molecule has 0 aliphatic heterocycles. The molecular formula is C18H12F3NO3. The van der Waals surface area contributed by atoms with Crippen LogP contribution in [0.3, 0.4) is 0 Å². The Morgan fingerprint density at radius 3 is 2.40 bits per heavy atom. The topological polar surface area (TPSA) is 59.4 Å². The van der Waals surface area contributed by atoms with Gasteiger partial charge in [0.25, 0.3) is 0 Å². The Bertz CT molecular complexity index is 953. The second-order valence-electron chi connectivity index (χ2n) is 5.36. The quantitative estimate of drug-likeness (QED) is 0.739. The average molecular weight is 347 g/mol. The number of aromatic carboxylic acids is 1. The SMILES string of the molecule is Cc1c(-c2ccccc2)nc2ccc(OC(F)(F)F)cc2c1C(=O)O. The largest absolute Gasteiger partial charge is 0.573 e. The summed E-state index contributed by atoms with van der Waals surface area (Å²) in [6, 6.07) is 12.4. The van der Waals surface area contributed by atoms with Gasteiger partial charge in [0.1, 0.15) is 5.75 Å². The Morgan fingerprint density at radius 2 is 1.80 bits per heavy atom. The van der Waals surface area contributed by atoms with Crippen LogP contribution in [0, 0.1) is 6.92 Å². The molecule has 1 aromatic heterocycles. The van der Waals surface area contributed by atoms with Gasteiger partial charge >= 0.3 is 12.3 Å². The number of pyridine rings is 1. The summed E-state index contributed by atoms with van der Waals surface area (Å²) in [5.41, 5.74) is 1.73. The van der Waals surface area contributed by atoms with Crippen LogP contribution >= 0.6 is 0 Å². The molecule has 0 unspecified atom stereocenters. The lowest BCUT2D eigenvalue weighted by atomic mass is 9.97. The number of alkyl halides is 3. The molecule has 1 heterocycles. The minimum absolute atomic E-state index is 0.0893. The van der Waals surface area contributed by atoms with Gasteiger partial charge in [0, 0.05) is 10.9 Å². The van der Waals surface area contributed by atoms with Gasteiger partial charge < -0.3 is 9.84 Å². The van der Waals surface area contributed by atoms with E-state index in [0.717, 1.165) is 17.7 Å². The van der Waals surface area contributed by atoms with Crippen LogP contribution in [-0.4, -0.2) is 22.4 Å². The third-order valence-corrected chi connectivity index (χ3v) is 3.69. The first-order valence-electron chi connectivity index (χ1n) is 7.25. The third kappa shape index (κ3) is 3.40. The fraction of sp³-hybridized carbons (Fsp3) is 0.111. The maximum atomic E-state index is 12.4. The van der Waals surface area contributed by atoms with Crippen LogP contribution in [0.4, 0.5) is 13.2 Å². The van der Waals surface area contributed by atoms with Gasteiger partial charge in [0.2, 0.25) is 0 Å². The van der Waals surface area contributed by atoms with Crippen molar-refractivity contribution >= 4 is 16.9 Å². The van der Waals surface area contributed by atoms with E-state index in [0.29, 0.717) is 11.3 Å². The van der Waals surface area contributed by atoms with Crippen molar-refractivity contribution in [3.8, 4) is 17.0 Å². The van der Waals surface area contributed by atoms with Crippen molar-refractivity contribution in [2.75, 3.05) is 0 Å². The van der Waals surface area contributed by atoms with Crippen LogP contribution in [-0.2, 0) is 0 Å². The predicted octanol–water partition coefficient (Wildman–Crippen LogP) is 4.81. The Kier molecular flexibility index (Phi) is 4.08. The molecule has 128 valence electrons. The lowest BCUT2D eigenvalue weighted by Crippen LogP contribution is -2.17. The number of benzene rings is 2. The van der Waals surface area contributed by atoms with E-state index in [1.54, 1.807) is 31.2 Å². The highest BCUT2D eigenvalue weighted by atomic mass is 19.4. The van der Waals surface area contributed by atoms with E-state index in [1.807, 2.05) is 6.07 Å². The molecule has 0 radical (unpaired) electrons. The van der Waals surface area contributed by atoms with E-state index < -0.39 is 18.1 Å². The number of carbonyl (C=O) groups is 1. The summed E-state index contributed by atoms with van der Waals surface area (Å²) in [7, 11) is 0. The van der Waals surface area contributed by atoms with Gasteiger partial charge in [0.05, 0.1) is 16.8 Å². The second kappa shape index (κ2) is 6.08. The smallest absolute Gasteiger partial charge is 0.478 e. The standard InChI is InChI=1S/C18H12F3NO3/c1-10-15(17(23)24)13-9-12(25-18(19,20)21)7-8-14(13)22-16(10)11-5-3-2-4-6-11/h2-9H,1H3,(H,23,24). The molecule has 0 aliphatic carbocycles.